The van der Waals surface area contributed by atoms with Crippen LogP contribution in [-0.2, 0) is 0 Å². The minimum absolute atomic E-state index is 0.0151. The third kappa shape index (κ3) is 1.93. The first-order valence-electron chi connectivity index (χ1n) is 6.26. The molecular weight excluding hydrogens is 218 g/mol. The Bertz CT molecular complexity index is 385. The molecule has 92 valence electrons. The summed E-state index contributed by atoms with van der Waals surface area (Å²) in [7, 11) is 0. The Morgan fingerprint density at radius 2 is 2.35 bits per heavy atom. The molecule has 1 aromatic heterocycles. The SMILES string of the molecule is O=C(c1ncn[nH]1)N1CCCC1C1CCCN1. The van der Waals surface area contributed by atoms with E-state index in [1.54, 1.807) is 0 Å². The van der Waals surface area contributed by atoms with Crippen molar-refractivity contribution in [2.45, 2.75) is 37.8 Å². The monoisotopic (exact) mass is 235 g/mol. The standard InChI is InChI=1S/C11H17N5O/c17-11(10-13-7-14-15-10)16-6-2-4-9(16)8-3-1-5-12-8/h7-9,12H,1-6H2,(H,13,14,15). The number of carbonyl (C=O) groups excluding carboxylic acids is 1. The summed E-state index contributed by atoms with van der Waals surface area (Å²) < 4.78 is 0. The number of nitrogens with zero attached hydrogens (tertiary/aromatic N) is 3. The van der Waals surface area contributed by atoms with Gasteiger partial charge in [-0.25, -0.2) is 4.98 Å². The molecule has 3 heterocycles. The number of carbonyl (C=O) groups is 1. The molecule has 0 aliphatic carbocycles. The lowest BCUT2D eigenvalue weighted by Crippen LogP contribution is -2.46. The van der Waals surface area contributed by atoms with Gasteiger partial charge in [0.15, 0.2) is 0 Å². The molecule has 2 N–H and O–H groups in total. The first-order chi connectivity index (χ1) is 8.36. The minimum Gasteiger partial charge on any atom is -0.331 e. The van der Waals surface area contributed by atoms with E-state index < -0.39 is 0 Å². The van der Waals surface area contributed by atoms with Crippen molar-refractivity contribution >= 4 is 5.91 Å². The number of likely N-dealkylation sites (tertiary alicyclic amines) is 1. The Kier molecular flexibility index (Phi) is 2.80. The molecule has 2 unspecified atom stereocenters. The van der Waals surface area contributed by atoms with Gasteiger partial charge in [-0.2, -0.15) is 5.10 Å². The van der Waals surface area contributed by atoms with E-state index in [1.165, 1.54) is 19.2 Å². The van der Waals surface area contributed by atoms with Crippen LogP contribution in [0.5, 0.6) is 0 Å². The zero-order chi connectivity index (χ0) is 11.7. The van der Waals surface area contributed by atoms with E-state index in [1.807, 2.05) is 4.90 Å². The van der Waals surface area contributed by atoms with Gasteiger partial charge < -0.3 is 10.2 Å². The van der Waals surface area contributed by atoms with Crippen LogP contribution in [0.2, 0.25) is 0 Å². The zero-order valence-corrected chi connectivity index (χ0v) is 9.72. The highest BCUT2D eigenvalue weighted by molar-refractivity contribution is 5.90. The average Bonchev–Trinajstić information content (AvgIpc) is 3.09. The van der Waals surface area contributed by atoms with Crippen LogP contribution in [0.3, 0.4) is 0 Å². The number of hydrogen-bond donors (Lipinski definition) is 2. The van der Waals surface area contributed by atoms with Crippen molar-refractivity contribution in [2.75, 3.05) is 13.1 Å². The van der Waals surface area contributed by atoms with Gasteiger partial charge in [0.25, 0.3) is 5.91 Å². The fraction of sp³-hybridized carbons (Fsp3) is 0.727. The topological polar surface area (TPSA) is 73.9 Å². The Morgan fingerprint density at radius 1 is 1.41 bits per heavy atom. The normalized spacial score (nSPS) is 28.8. The van der Waals surface area contributed by atoms with Gasteiger partial charge in [0.05, 0.1) is 0 Å². The lowest BCUT2D eigenvalue weighted by molar-refractivity contribution is 0.0699. The molecule has 6 nitrogen and oxygen atoms in total. The van der Waals surface area contributed by atoms with Gasteiger partial charge >= 0.3 is 0 Å². The predicted octanol–water partition coefficient (Wildman–Crippen LogP) is 0.161. The van der Waals surface area contributed by atoms with Crippen LogP contribution in [0.15, 0.2) is 6.33 Å². The molecule has 0 spiro atoms. The van der Waals surface area contributed by atoms with Crippen LogP contribution in [-0.4, -0.2) is 51.2 Å². The van der Waals surface area contributed by atoms with Crippen molar-refractivity contribution in [3.8, 4) is 0 Å². The van der Waals surface area contributed by atoms with Gasteiger partial charge in [-0.15, -0.1) is 0 Å². The number of H-pyrrole nitrogens is 1. The van der Waals surface area contributed by atoms with Crippen molar-refractivity contribution in [3.63, 3.8) is 0 Å². The van der Waals surface area contributed by atoms with Crippen LogP contribution in [0.4, 0.5) is 0 Å². The van der Waals surface area contributed by atoms with Gasteiger partial charge in [0.1, 0.15) is 6.33 Å². The van der Waals surface area contributed by atoms with Gasteiger partial charge in [0.2, 0.25) is 5.82 Å². The molecular formula is C11H17N5O. The molecule has 2 saturated heterocycles. The Labute approximate surface area is 99.8 Å². The van der Waals surface area contributed by atoms with E-state index in [2.05, 4.69) is 20.5 Å². The van der Waals surface area contributed by atoms with Crippen LogP contribution in [0, 0.1) is 0 Å². The van der Waals surface area contributed by atoms with Crippen LogP contribution >= 0.6 is 0 Å². The first kappa shape index (κ1) is 10.7. The number of nitrogens with one attached hydrogen (secondary N) is 2. The smallest absolute Gasteiger partial charge is 0.291 e. The summed E-state index contributed by atoms with van der Waals surface area (Å²) in [5, 5.41) is 9.88. The quantitative estimate of drug-likeness (QED) is 0.766. The van der Waals surface area contributed by atoms with Crippen molar-refractivity contribution in [2.24, 2.45) is 0 Å². The lowest BCUT2D eigenvalue weighted by atomic mass is 10.0. The van der Waals surface area contributed by atoms with Crippen molar-refractivity contribution in [1.29, 1.82) is 0 Å². The van der Waals surface area contributed by atoms with E-state index in [9.17, 15) is 4.79 Å². The van der Waals surface area contributed by atoms with E-state index in [-0.39, 0.29) is 5.91 Å². The van der Waals surface area contributed by atoms with E-state index in [0.29, 0.717) is 17.9 Å². The molecule has 2 fully saturated rings. The molecule has 0 radical (unpaired) electrons. The molecule has 0 bridgehead atoms. The van der Waals surface area contributed by atoms with Gasteiger partial charge in [0, 0.05) is 18.6 Å². The lowest BCUT2D eigenvalue weighted by Gasteiger charge is -2.28. The van der Waals surface area contributed by atoms with Gasteiger partial charge in [-0.3, -0.25) is 9.89 Å². The van der Waals surface area contributed by atoms with Gasteiger partial charge in [-0.1, -0.05) is 0 Å². The maximum atomic E-state index is 12.2. The fourth-order valence-electron chi connectivity index (χ4n) is 2.95. The second-order valence-corrected chi connectivity index (χ2v) is 4.75. The highest BCUT2D eigenvalue weighted by atomic mass is 16.2. The predicted molar refractivity (Wildman–Crippen MR) is 61.5 cm³/mol. The molecule has 2 atom stereocenters. The van der Waals surface area contributed by atoms with E-state index >= 15 is 0 Å². The number of hydrogen-bond acceptors (Lipinski definition) is 4. The largest absolute Gasteiger partial charge is 0.331 e. The number of aromatic nitrogens is 3. The van der Waals surface area contributed by atoms with E-state index in [4.69, 9.17) is 0 Å². The molecule has 1 amide bonds. The maximum absolute atomic E-state index is 12.2. The highest BCUT2D eigenvalue weighted by Gasteiger charge is 2.36. The summed E-state index contributed by atoms with van der Waals surface area (Å²) in [4.78, 5) is 18.1. The second kappa shape index (κ2) is 4.44. The molecule has 3 rings (SSSR count). The first-order valence-corrected chi connectivity index (χ1v) is 6.26. The number of rotatable bonds is 2. The van der Waals surface area contributed by atoms with Crippen molar-refractivity contribution < 1.29 is 4.79 Å². The molecule has 17 heavy (non-hydrogen) atoms. The summed E-state index contributed by atoms with van der Waals surface area (Å²) in [5.41, 5.74) is 0. The third-order valence-electron chi connectivity index (χ3n) is 3.74. The van der Waals surface area contributed by atoms with E-state index in [0.717, 1.165) is 25.9 Å². The van der Waals surface area contributed by atoms with Crippen LogP contribution in [0.25, 0.3) is 0 Å². The van der Waals surface area contributed by atoms with Crippen molar-refractivity contribution in [1.82, 2.24) is 25.4 Å². The third-order valence-corrected chi connectivity index (χ3v) is 3.74. The summed E-state index contributed by atoms with van der Waals surface area (Å²) >= 11 is 0. The highest BCUT2D eigenvalue weighted by Crippen LogP contribution is 2.25. The fourth-order valence-corrected chi connectivity index (χ4v) is 2.95. The molecule has 0 saturated carbocycles. The number of amides is 1. The summed E-state index contributed by atoms with van der Waals surface area (Å²) in [6.45, 7) is 1.91. The Morgan fingerprint density at radius 3 is 3.06 bits per heavy atom. The van der Waals surface area contributed by atoms with Crippen LogP contribution < -0.4 is 5.32 Å². The van der Waals surface area contributed by atoms with Crippen molar-refractivity contribution in [3.05, 3.63) is 12.2 Å². The molecule has 2 aliphatic heterocycles. The molecule has 2 aliphatic rings. The van der Waals surface area contributed by atoms with Gasteiger partial charge in [-0.05, 0) is 32.2 Å². The maximum Gasteiger partial charge on any atom is 0.291 e. The summed E-state index contributed by atoms with van der Waals surface area (Å²) in [6.07, 6.45) is 5.95. The second-order valence-electron chi connectivity index (χ2n) is 4.75. The molecule has 1 aromatic rings. The summed E-state index contributed by atoms with van der Waals surface area (Å²) in [5.74, 6) is 0.341. The summed E-state index contributed by atoms with van der Waals surface area (Å²) in [6, 6.07) is 0.791. The van der Waals surface area contributed by atoms with Crippen LogP contribution in [0.1, 0.15) is 36.3 Å². The Balaban J connectivity index is 1.75. The molecule has 0 aromatic carbocycles. The molecule has 6 heteroatoms. The Hall–Kier alpha value is -1.43. The number of aromatic amines is 1. The minimum atomic E-state index is -0.0151. The average molecular weight is 235 g/mol. The zero-order valence-electron chi connectivity index (χ0n) is 9.72.